The van der Waals surface area contributed by atoms with E-state index >= 15 is 0 Å². The topological polar surface area (TPSA) is 61.2 Å². The summed E-state index contributed by atoms with van der Waals surface area (Å²) in [5, 5.41) is 4.12. The van der Waals surface area contributed by atoms with E-state index in [1.165, 1.54) is 4.68 Å². The van der Waals surface area contributed by atoms with Crippen molar-refractivity contribution in [1.29, 1.82) is 0 Å². The largest absolute Gasteiger partial charge is 0.461 e. The molecule has 0 saturated carbocycles. The molecule has 1 aliphatic carbocycles. The van der Waals surface area contributed by atoms with Crippen LogP contribution < -0.4 is 0 Å². The summed E-state index contributed by atoms with van der Waals surface area (Å²) < 4.78 is 6.47. The van der Waals surface area contributed by atoms with E-state index < -0.39 is 5.97 Å². The molecular formula is C12H16N2O3. The fraction of sp³-hybridized carbons (Fsp3) is 0.583. The van der Waals surface area contributed by atoms with Gasteiger partial charge < -0.3 is 4.74 Å². The molecule has 0 unspecified atom stereocenters. The number of rotatable bonds is 2. The third-order valence-electron chi connectivity index (χ3n) is 2.96. The summed E-state index contributed by atoms with van der Waals surface area (Å²) in [5.41, 5.74) is 1.64. The van der Waals surface area contributed by atoms with E-state index in [0.29, 0.717) is 24.4 Å². The molecule has 0 saturated heterocycles. The normalized spacial score (nSPS) is 15.3. The Kier molecular flexibility index (Phi) is 3.26. The zero-order chi connectivity index (χ0) is 12.4. The molecule has 1 aromatic rings. The van der Waals surface area contributed by atoms with E-state index in [-0.39, 0.29) is 5.78 Å². The van der Waals surface area contributed by atoms with Crippen molar-refractivity contribution in [2.24, 2.45) is 7.05 Å². The summed E-state index contributed by atoms with van der Waals surface area (Å²) in [6.07, 6.45) is 3.05. The molecule has 0 atom stereocenters. The van der Waals surface area contributed by atoms with Gasteiger partial charge in [0.15, 0.2) is 11.5 Å². The number of aromatic nitrogens is 2. The number of carbonyl (C=O) groups is 2. The molecule has 0 bridgehead atoms. The predicted octanol–water partition coefficient (Wildman–Crippen LogP) is 1.51. The number of nitrogens with zero attached hydrogens (tertiary/aromatic N) is 2. The summed E-state index contributed by atoms with van der Waals surface area (Å²) in [4.78, 5) is 23.6. The molecule has 17 heavy (non-hydrogen) atoms. The third-order valence-corrected chi connectivity index (χ3v) is 2.96. The van der Waals surface area contributed by atoms with E-state index in [0.717, 1.165) is 24.8 Å². The quantitative estimate of drug-likeness (QED) is 0.576. The molecule has 5 heteroatoms. The van der Waals surface area contributed by atoms with Gasteiger partial charge in [-0.1, -0.05) is 0 Å². The van der Waals surface area contributed by atoms with Crippen LogP contribution in [0.25, 0.3) is 0 Å². The molecule has 0 aromatic carbocycles. The van der Waals surface area contributed by atoms with Gasteiger partial charge in [0.05, 0.1) is 6.61 Å². The van der Waals surface area contributed by atoms with E-state index in [9.17, 15) is 9.59 Å². The summed E-state index contributed by atoms with van der Waals surface area (Å²) >= 11 is 0. The van der Waals surface area contributed by atoms with Crippen LogP contribution in [0.4, 0.5) is 0 Å². The van der Waals surface area contributed by atoms with Crippen molar-refractivity contribution in [1.82, 2.24) is 9.78 Å². The second-order valence-electron chi connectivity index (χ2n) is 4.15. The van der Waals surface area contributed by atoms with Crippen LogP contribution in [-0.4, -0.2) is 28.1 Å². The third kappa shape index (κ3) is 2.09. The monoisotopic (exact) mass is 236 g/mol. The molecule has 1 aromatic heterocycles. The van der Waals surface area contributed by atoms with Gasteiger partial charge in [0.2, 0.25) is 0 Å². The van der Waals surface area contributed by atoms with Gasteiger partial charge >= 0.3 is 5.97 Å². The van der Waals surface area contributed by atoms with Gasteiger partial charge in [0.1, 0.15) is 5.69 Å². The molecule has 1 heterocycles. The minimum Gasteiger partial charge on any atom is -0.461 e. The average Bonchev–Trinajstić information content (AvgIpc) is 2.49. The number of aryl methyl sites for hydroxylation is 1. The minimum absolute atomic E-state index is 0.0723. The molecule has 0 N–H and O–H groups in total. The molecule has 0 aliphatic heterocycles. The van der Waals surface area contributed by atoms with E-state index in [4.69, 9.17) is 4.74 Å². The number of ether oxygens (including phenoxy) is 1. The second kappa shape index (κ2) is 4.69. The van der Waals surface area contributed by atoms with Crippen molar-refractivity contribution in [3.05, 3.63) is 17.0 Å². The van der Waals surface area contributed by atoms with Crippen LogP contribution >= 0.6 is 0 Å². The molecule has 0 spiro atoms. The average molecular weight is 236 g/mol. The zero-order valence-corrected chi connectivity index (χ0v) is 10.2. The molecule has 92 valence electrons. The summed E-state index contributed by atoms with van der Waals surface area (Å²) in [6, 6.07) is 0. The molecule has 1 aliphatic rings. The molecule has 5 nitrogen and oxygen atoms in total. The van der Waals surface area contributed by atoms with Crippen LogP contribution in [0.1, 0.15) is 52.7 Å². The van der Waals surface area contributed by atoms with Gasteiger partial charge in [-0.3, -0.25) is 9.48 Å². The van der Waals surface area contributed by atoms with Gasteiger partial charge in [-0.05, 0) is 26.2 Å². The Morgan fingerprint density at radius 2 is 2.12 bits per heavy atom. The Labute approximate surface area is 99.8 Å². The van der Waals surface area contributed by atoms with Crippen LogP contribution in [-0.2, 0) is 18.2 Å². The molecule has 2 rings (SSSR count). The Morgan fingerprint density at radius 3 is 2.82 bits per heavy atom. The highest BCUT2D eigenvalue weighted by atomic mass is 16.5. The SMILES string of the molecule is CCOC(=O)c1nn(C)c2c1CCCCC2=O. The maximum Gasteiger partial charge on any atom is 0.359 e. The van der Waals surface area contributed by atoms with Gasteiger partial charge in [-0.25, -0.2) is 4.79 Å². The van der Waals surface area contributed by atoms with Crippen molar-refractivity contribution in [2.45, 2.75) is 32.6 Å². The lowest BCUT2D eigenvalue weighted by Gasteiger charge is -2.01. The van der Waals surface area contributed by atoms with Crippen LogP contribution in [0.2, 0.25) is 0 Å². The lowest BCUT2D eigenvalue weighted by molar-refractivity contribution is 0.0517. The highest BCUT2D eigenvalue weighted by Crippen LogP contribution is 2.23. The van der Waals surface area contributed by atoms with Crippen molar-refractivity contribution < 1.29 is 14.3 Å². The van der Waals surface area contributed by atoms with Crippen LogP contribution in [0.15, 0.2) is 0 Å². The molecule has 0 fully saturated rings. The number of fused-ring (bicyclic) bond motifs is 1. The predicted molar refractivity (Wildman–Crippen MR) is 61.1 cm³/mol. The van der Waals surface area contributed by atoms with Crippen LogP contribution in [0, 0.1) is 0 Å². The summed E-state index contributed by atoms with van der Waals surface area (Å²) in [7, 11) is 1.70. The van der Waals surface area contributed by atoms with Crippen molar-refractivity contribution in [2.75, 3.05) is 6.61 Å². The van der Waals surface area contributed by atoms with Crippen molar-refractivity contribution in [3.8, 4) is 0 Å². The van der Waals surface area contributed by atoms with E-state index in [1.54, 1.807) is 14.0 Å². The first-order chi connectivity index (χ1) is 8.15. The summed E-state index contributed by atoms with van der Waals surface area (Å²) in [5.74, 6) is -0.359. The summed E-state index contributed by atoms with van der Waals surface area (Å²) in [6.45, 7) is 2.07. The van der Waals surface area contributed by atoms with Gasteiger partial charge in [-0.2, -0.15) is 5.10 Å². The first kappa shape index (κ1) is 11.8. The maximum atomic E-state index is 11.9. The van der Waals surface area contributed by atoms with Crippen LogP contribution in [0.3, 0.4) is 0 Å². The number of ketones is 1. The Balaban J connectivity index is 2.46. The second-order valence-corrected chi connectivity index (χ2v) is 4.15. The first-order valence-corrected chi connectivity index (χ1v) is 5.91. The number of Topliss-reactive ketones (excluding diaryl/α,β-unsaturated/α-hetero) is 1. The fourth-order valence-corrected chi connectivity index (χ4v) is 2.22. The van der Waals surface area contributed by atoms with Crippen LogP contribution in [0.5, 0.6) is 0 Å². The number of hydrogen-bond donors (Lipinski definition) is 0. The Morgan fingerprint density at radius 1 is 1.41 bits per heavy atom. The fourth-order valence-electron chi connectivity index (χ4n) is 2.22. The number of hydrogen-bond acceptors (Lipinski definition) is 4. The van der Waals surface area contributed by atoms with E-state index in [2.05, 4.69) is 5.10 Å². The van der Waals surface area contributed by atoms with Gasteiger partial charge in [0.25, 0.3) is 0 Å². The molecular weight excluding hydrogens is 220 g/mol. The highest BCUT2D eigenvalue weighted by Gasteiger charge is 2.27. The molecule has 0 radical (unpaired) electrons. The van der Waals surface area contributed by atoms with Gasteiger partial charge in [0, 0.05) is 19.0 Å². The first-order valence-electron chi connectivity index (χ1n) is 5.91. The molecule has 0 amide bonds. The minimum atomic E-state index is -0.431. The lowest BCUT2D eigenvalue weighted by Crippen LogP contribution is -2.08. The number of carbonyl (C=O) groups excluding carboxylic acids is 2. The smallest absolute Gasteiger partial charge is 0.359 e. The van der Waals surface area contributed by atoms with E-state index in [1.807, 2.05) is 0 Å². The Hall–Kier alpha value is -1.65. The maximum absolute atomic E-state index is 11.9. The van der Waals surface area contributed by atoms with Gasteiger partial charge in [-0.15, -0.1) is 0 Å². The highest BCUT2D eigenvalue weighted by molar-refractivity contribution is 6.00. The van der Waals surface area contributed by atoms with Crippen molar-refractivity contribution in [3.63, 3.8) is 0 Å². The lowest BCUT2D eigenvalue weighted by atomic mass is 10.1. The Bertz CT molecular complexity index is 463. The standard InChI is InChI=1S/C12H16N2O3/c1-3-17-12(16)10-8-6-4-5-7-9(15)11(8)14(2)13-10/h3-7H2,1-2H3. The number of esters is 1. The zero-order valence-electron chi connectivity index (χ0n) is 10.2. The van der Waals surface area contributed by atoms with Crippen molar-refractivity contribution >= 4 is 11.8 Å².